The summed E-state index contributed by atoms with van der Waals surface area (Å²) in [6.07, 6.45) is 7.24. The molecule has 0 saturated carbocycles. The topological polar surface area (TPSA) is 15.6 Å². The maximum absolute atomic E-state index is 5.06. The van der Waals surface area contributed by atoms with Crippen molar-refractivity contribution >= 4 is 5.84 Å². The van der Waals surface area contributed by atoms with E-state index in [0.717, 1.165) is 19.4 Å². The van der Waals surface area contributed by atoms with E-state index in [4.69, 9.17) is 4.99 Å². The highest BCUT2D eigenvalue weighted by Gasteiger charge is 2.41. The van der Waals surface area contributed by atoms with E-state index in [2.05, 4.69) is 42.2 Å². The van der Waals surface area contributed by atoms with Gasteiger partial charge in [0.25, 0.3) is 0 Å². The van der Waals surface area contributed by atoms with Gasteiger partial charge in [-0.15, -0.1) is 0 Å². The number of nitrogens with zero attached hydrogens (tertiary/aromatic N) is 2. The molecule has 0 radical (unpaired) electrons. The molecule has 1 aliphatic carbocycles. The zero-order valence-electron chi connectivity index (χ0n) is 10.8. The summed E-state index contributed by atoms with van der Waals surface area (Å²) < 4.78 is 0. The lowest BCUT2D eigenvalue weighted by atomic mass is 9.89. The zero-order chi connectivity index (χ0) is 12.2. The van der Waals surface area contributed by atoms with Gasteiger partial charge in [-0.05, 0) is 49.8 Å². The minimum absolute atomic E-state index is 0.0448. The van der Waals surface area contributed by atoms with Crippen molar-refractivity contribution in [1.82, 2.24) is 4.90 Å². The molecule has 18 heavy (non-hydrogen) atoms. The molecule has 2 nitrogen and oxygen atoms in total. The summed E-state index contributed by atoms with van der Waals surface area (Å²) in [6, 6.07) is 8.82. The number of amidine groups is 1. The van der Waals surface area contributed by atoms with E-state index in [1.165, 1.54) is 35.5 Å². The molecule has 1 atom stereocenters. The normalized spacial score (nSPS) is 29.1. The van der Waals surface area contributed by atoms with Crippen LogP contribution in [0.15, 0.2) is 41.0 Å². The third-order valence-corrected chi connectivity index (χ3v) is 4.58. The fourth-order valence-electron chi connectivity index (χ4n) is 3.76. The van der Waals surface area contributed by atoms with Gasteiger partial charge < -0.3 is 4.90 Å². The molecule has 1 unspecified atom stereocenters. The van der Waals surface area contributed by atoms with Gasteiger partial charge in [-0.25, -0.2) is 0 Å². The Morgan fingerprint density at radius 1 is 1.22 bits per heavy atom. The summed E-state index contributed by atoms with van der Waals surface area (Å²) in [4.78, 5) is 7.46. The van der Waals surface area contributed by atoms with Crippen LogP contribution in [0.4, 0.5) is 0 Å². The lowest BCUT2D eigenvalue weighted by Crippen LogP contribution is -2.34. The van der Waals surface area contributed by atoms with E-state index in [9.17, 15) is 0 Å². The van der Waals surface area contributed by atoms with Crippen molar-refractivity contribution in [3.05, 3.63) is 47.2 Å². The molecule has 0 N–H and O–H groups in total. The lowest BCUT2D eigenvalue weighted by molar-refractivity contribution is 0.479. The van der Waals surface area contributed by atoms with Gasteiger partial charge in [-0.3, -0.25) is 4.99 Å². The van der Waals surface area contributed by atoms with E-state index in [-0.39, 0.29) is 5.54 Å². The van der Waals surface area contributed by atoms with Crippen LogP contribution in [-0.2, 0) is 12.0 Å². The van der Waals surface area contributed by atoms with E-state index < -0.39 is 0 Å². The molecule has 4 rings (SSSR count). The van der Waals surface area contributed by atoms with Crippen molar-refractivity contribution in [2.75, 3.05) is 6.54 Å². The predicted molar refractivity (Wildman–Crippen MR) is 73.6 cm³/mol. The average molecular weight is 238 g/mol. The Labute approximate surface area is 108 Å². The molecule has 1 aromatic rings. The van der Waals surface area contributed by atoms with Crippen molar-refractivity contribution < 1.29 is 0 Å². The van der Waals surface area contributed by atoms with Crippen LogP contribution in [0, 0.1) is 0 Å². The Bertz CT molecular complexity index is 570. The Hall–Kier alpha value is -1.57. The van der Waals surface area contributed by atoms with Crippen molar-refractivity contribution in [1.29, 1.82) is 0 Å². The number of aliphatic imine (C=N–C) groups is 1. The Balaban J connectivity index is 1.89. The predicted octanol–water partition coefficient (Wildman–Crippen LogP) is 3.24. The fraction of sp³-hybridized carbons (Fsp3) is 0.438. The van der Waals surface area contributed by atoms with Crippen LogP contribution < -0.4 is 0 Å². The highest BCUT2D eigenvalue weighted by atomic mass is 15.2. The summed E-state index contributed by atoms with van der Waals surface area (Å²) in [5.41, 5.74) is 4.37. The van der Waals surface area contributed by atoms with Crippen LogP contribution in [0.3, 0.4) is 0 Å². The summed E-state index contributed by atoms with van der Waals surface area (Å²) in [7, 11) is 0. The number of hydrogen-bond acceptors (Lipinski definition) is 2. The first-order valence-corrected chi connectivity index (χ1v) is 6.93. The SMILES string of the molecule is CC1=NC2(C=C3CCCN31)CCc1ccccc12. The second kappa shape index (κ2) is 3.47. The van der Waals surface area contributed by atoms with Crippen molar-refractivity contribution in [3.8, 4) is 0 Å². The molecule has 1 saturated heterocycles. The standard InChI is InChI=1S/C16H18N2/c1-12-17-16(11-14-6-4-10-18(12)14)9-8-13-5-2-3-7-15(13)16/h2-3,5,7,11H,4,6,8-10H2,1H3. The minimum atomic E-state index is -0.0448. The number of fused-ring (bicyclic) bond motifs is 3. The van der Waals surface area contributed by atoms with Gasteiger partial charge in [0.2, 0.25) is 0 Å². The van der Waals surface area contributed by atoms with Crippen LogP contribution in [0.2, 0.25) is 0 Å². The van der Waals surface area contributed by atoms with E-state index in [0.29, 0.717) is 0 Å². The Kier molecular flexibility index (Phi) is 2.00. The third-order valence-electron chi connectivity index (χ3n) is 4.58. The summed E-state index contributed by atoms with van der Waals surface area (Å²) in [5.74, 6) is 1.21. The monoisotopic (exact) mass is 238 g/mol. The maximum Gasteiger partial charge on any atom is 0.108 e. The molecular formula is C16H18N2. The van der Waals surface area contributed by atoms with Crippen molar-refractivity contribution in [2.45, 2.75) is 38.1 Å². The number of rotatable bonds is 0. The summed E-state index contributed by atoms with van der Waals surface area (Å²) in [6.45, 7) is 3.32. The Morgan fingerprint density at radius 2 is 2.11 bits per heavy atom. The van der Waals surface area contributed by atoms with E-state index >= 15 is 0 Å². The number of benzene rings is 1. The zero-order valence-corrected chi connectivity index (χ0v) is 10.8. The van der Waals surface area contributed by atoms with Crippen LogP contribution in [0.25, 0.3) is 0 Å². The molecule has 1 spiro atoms. The molecule has 1 aromatic carbocycles. The second-order valence-corrected chi connectivity index (χ2v) is 5.63. The molecule has 0 amide bonds. The molecule has 3 aliphatic rings. The molecule has 2 aliphatic heterocycles. The molecule has 2 heteroatoms. The molecule has 1 fully saturated rings. The van der Waals surface area contributed by atoms with Gasteiger partial charge >= 0.3 is 0 Å². The van der Waals surface area contributed by atoms with Crippen molar-refractivity contribution in [3.63, 3.8) is 0 Å². The van der Waals surface area contributed by atoms with Gasteiger partial charge in [-0.2, -0.15) is 0 Å². The molecule has 2 heterocycles. The van der Waals surface area contributed by atoms with Gasteiger partial charge in [0, 0.05) is 12.2 Å². The van der Waals surface area contributed by atoms with Crippen molar-refractivity contribution in [2.24, 2.45) is 4.99 Å². The highest BCUT2D eigenvalue weighted by Crippen LogP contribution is 2.45. The highest BCUT2D eigenvalue weighted by molar-refractivity contribution is 5.84. The number of hydrogen-bond donors (Lipinski definition) is 0. The largest absolute Gasteiger partial charge is 0.334 e. The number of allylic oxidation sites excluding steroid dienone is 1. The van der Waals surface area contributed by atoms with Gasteiger partial charge in [0.05, 0.1) is 0 Å². The minimum Gasteiger partial charge on any atom is -0.334 e. The molecule has 0 bridgehead atoms. The maximum atomic E-state index is 5.06. The molecule has 92 valence electrons. The smallest absolute Gasteiger partial charge is 0.108 e. The van der Waals surface area contributed by atoms with Crippen LogP contribution in [0.5, 0.6) is 0 Å². The van der Waals surface area contributed by atoms with Crippen LogP contribution in [-0.4, -0.2) is 17.3 Å². The molecule has 0 aromatic heterocycles. The first kappa shape index (κ1) is 10.4. The quantitative estimate of drug-likeness (QED) is 0.677. The lowest BCUT2D eigenvalue weighted by Gasteiger charge is -2.33. The van der Waals surface area contributed by atoms with Gasteiger partial charge in [0.15, 0.2) is 0 Å². The number of aryl methyl sites for hydroxylation is 1. The van der Waals surface area contributed by atoms with E-state index in [1.54, 1.807) is 0 Å². The first-order valence-electron chi connectivity index (χ1n) is 6.93. The average Bonchev–Trinajstić information content (AvgIpc) is 2.97. The van der Waals surface area contributed by atoms with Gasteiger partial charge in [0.1, 0.15) is 11.4 Å². The van der Waals surface area contributed by atoms with Crippen LogP contribution in [0.1, 0.15) is 37.3 Å². The Morgan fingerprint density at radius 3 is 3.06 bits per heavy atom. The summed E-state index contributed by atoms with van der Waals surface area (Å²) in [5, 5.41) is 0. The van der Waals surface area contributed by atoms with E-state index in [1.807, 2.05) is 0 Å². The second-order valence-electron chi connectivity index (χ2n) is 5.63. The third kappa shape index (κ3) is 1.26. The molecular weight excluding hydrogens is 220 g/mol. The van der Waals surface area contributed by atoms with Crippen LogP contribution >= 0.6 is 0 Å². The van der Waals surface area contributed by atoms with Gasteiger partial charge in [-0.1, -0.05) is 24.3 Å². The first-order chi connectivity index (χ1) is 8.78. The summed E-state index contributed by atoms with van der Waals surface area (Å²) >= 11 is 0. The fourth-order valence-corrected chi connectivity index (χ4v) is 3.76.